The number of benzene rings is 1. The highest BCUT2D eigenvalue weighted by molar-refractivity contribution is 5.85. The number of carboxylic acid groups (broad SMARTS) is 1. The maximum absolute atomic E-state index is 10.6. The van der Waals surface area contributed by atoms with Crippen molar-refractivity contribution in [2.75, 3.05) is 6.61 Å². The van der Waals surface area contributed by atoms with Crippen molar-refractivity contribution in [3.63, 3.8) is 0 Å². The maximum atomic E-state index is 10.6. The zero-order chi connectivity index (χ0) is 9.26. The summed E-state index contributed by atoms with van der Waals surface area (Å²) in [4.78, 5) is 10.6. The van der Waals surface area contributed by atoms with Crippen LogP contribution in [0.25, 0.3) is 0 Å². The zero-order valence-electron chi connectivity index (χ0n) is 7.17. The second kappa shape index (κ2) is 4.19. The van der Waals surface area contributed by atoms with Gasteiger partial charge in [-0.05, 0) is 12.1 Å². The third kappa shape index (κ3) is 1.90. The van der Waals surface area contributed by atoms with E-state index in [0.29, 0.717) is 11.5 Å². The highest BCUT2D eigenvalue weighted by Crippen LogP contribution is 2.30. The van der Waals surface area contributed by atoms with Gasteiger partial charge in [0.2, 0.25) is 6.10 Å². The zero-order valence-corrected chi connectivity index (χ0v) is 7.99. The molecule has 5 heteroatoms. The molecule has 0 amide bonds. The van der Waals surface area contributed by atoms with Gasteiger partial charge in [0, 0.05) is 0 Å². The first-order valence-electron chi connectivity index (χ1n) is 3.88. The van der Waals surface area contributed by atoms with Crippen LogP contribution in [0.1, 0.15) is 0 Å². The summed E-state index contributed by atoms with van der Waals surface area (Å²) >= 11 is 0. The lowest BCUT2D eigenvalue weighted by atomic mass is 10.2. The van der Waals surface area contributed by atoms with Crippen LogP contribution in [0, 0.1) is 0 Å². The van der Waals surface area contributed by atoms with Crippen LogP contribution in [0.5, 0.6) is 11.5 Å². The number of carboxylic acids is 1. The fraction of sp³-hybridized carbons (Fsp3) is 0.222. The Morgan fingerprint density at radius 3 is 2.64 bits per heavy atom. The molecule has 0 fully saturated rings. The monoisotopic (exact) mass is 216 g/mol. The number of fused-ring (bicyclic) bond motifs is 1. The van der Waals surface area contributed by atoms with Crippen molar-refractivity contribution in [2.45, 2.75) is 6.10 Å². The average molecular weight is 217 g/mol. The Hall–Kier alpha value is -1.42. The molecule has 1 aliphatic heterocycles. The minimum atomic E-state index is -1.01. The Morgan fingerprint density at radius 2 is 2.00 bits per heavy atom. The standard InChI is InChI=1S/C9H8O4.ClH/c10-9(11)8-5-12-6-3-1-2-4-7(6)13-8;/h1-4,8H,5H2,(H,10,11);1H/t8-;/m1./s1. The third-order valence-corrected chi connectivity index (χ3v) is 1.78. The molecule has 1 aliphatic rings. The normalized spacial score (nSPS) is 18.1. The van der Waals surface area contributed by atoms with Gasteiger partial charge in [-0.2, -0.15) is 0 Å². The predicted octanol–water partition coefficient (Wildman–Crippen LogP) is 1.33. The number of ether oxygens (including phenoxy) is 2. The van der Waals surface area contributed by atoms with Crippen LogP contribution in [0.3, 0.4) is 0 Å². The van der Waals surface area contributed by atoms with Gasteiger partial charge >= 0.3 is 5.97 Å². The van der Waals surface area contributed by atoms with Crippen molar-refractivity contribution < 1.29 is 19.4 Å². The minimum Gasteiger partial charge on any atom is -0.485 e. The van der Waals surface area contributed by atoms with Crippen molar-refractivity contribution in [1.29, 1.82) is 0 Å². The molecule has 0 aromatic heterocycles. The van der Waals surface area contributed by atoms with Gasteiger partial charge in [-0.1, -0.05) is 12.1 Å². The number of rotatable bonds is 1. The molecule has 14 heavy (non-hydrogen) atoms. The van der Waals surface area contributed by atoms with Crippen molar-refractivity contribution >= 4 is 18.4 Å². The Balaban J connectivity index is 0.000000980. The van der Waals surface area contributed by atoms with E-state index in [-0.39, 0.29) is 19.0 Å². The summed E-state index contributed by atoms with van der Waals surface area (Å²) in [5, 5.41) is 8.66. The third-order valence-electron chi connectivity index (χ3n) is 1.78. The molecule has 0 unspecified atom stereocenters. The first-order valence-corrected chi connectivity index (χ1v) is 3.88. The number of para-hydroxylation sites is 2. The first-order chi connectivity index (χ1) is 6.27. The summed E-state index contributed by atoms with van der Waals surface area (Å²) in [6, 6.07) is 7.01. The van der Waals surface area contributed by atoms with Crippen LogP contribution in [0.2, 0.25) is 0 Å². The van der Waals surface area contributed by atoms with Crippen LogP contribution in [-0.2, 0) is 4.79 Å². The number of aliphatic carboxylic acids is 1. The van der Waals surface area contributed by atoms with E-state index in [1.807, 2.05) is 6.07 Å². The Bertz CT molecular complexity index is 339. The summed E-state index contributed by atoms with van der Waals surface area (Å²) in [5.74, 6) is 0.0793. The molecule has 0 spiro atoms. The molecule has 0 saturated carbocycles. The van der Waals surface area contributed by atoms with Crippen molar-refractivity contribution in [2.24, 2.45) is 0 Å². The highest BCUT2D eigenvalue weighted by atomic mass is 35.5. The Kier molecular flexibility index (Phi) is 3.19. The van der Waals surface area contributed by atoms with E-state index in [9.17, 15) is 4.79 Å². The molecule has 1 aromatic carbocycles. The van der Waals surface area contributed by atoms with E-state index in [1.165, 1.54) is 0 Å². The molecule has 4 nitrogen and oxygen atoms in total. The molecular weight excluding hydrogens is 208 g/mol. The number of hydrogen-bond donors (Lipinski definition) is 1. The molecule has 1 aromatic rings. The summed E-state index contributed by atoms with van der Waals surface area (Å²) in [5.41, 5.74) is 0. The average Bonchev–Trinajstić information content (AvgIpc) is 2.17. The van der Waals surface area contributed by atoms with Gasteiger partial charge in [-0.25, -0.2) is 4.79 Å². The predicted molar refractivity (Wildman–Crippen MR) is 51.2 cm³/mol. The van der Waals surface area contributed by atoms with Crippen LogP contribution < -0.4 is 9.47 Å². The van der Waals surface area contributed by atoms with Gasteiger partial charge in [-0.3, -0.25) is 0 Å². The van der Waals surface area contributed by atoms with Crippen LogP contribution >= 0.6 is 12.4 Å². The summed E-state index contributed by atoms with van der Waals surface area (Å²) in [6.45, 7) is 0.0619. The molecule has 0 radical (unpaired) electrons. The fourth-order valence-corrected chi connectivity index (χ4v) is 1.14. The lowest BCUT2D eigenvalue weighted by molar-refractivity contribution is -0.147. The van der Waals surface area contributed by atoms with Gasteiger partial charge < -0.3 is 14.6 Å². The van der Waals surface area contributed by atoms with Gasteiger partial charge in [0.15, 0.2) is 11.5 Å². The van der Waals surface area contributed by atoms with E-state index < -0.39 is 12.1 Å². The summed E-state index contributed by atoms with van der Waals surface area (Å²) < 4.78 is 10.4. The molecule has 1 heterocycles. The quantitative estimate of drug-likeness (QED) is 0.770. The summed E-state index contributed by atoms with van der Waals surface area (Å²) in [7, 11) is 0. The van der Waals surface area contributed by atoms with Crippen molar-refractivity contribution in [1.82, 2.24) is 0 Å². The van der Waals surface area contributed by atoms with Gasteiger partial charge in [0.1, 0.15) is 6.61 Å². The number of hydrogen-bond acceptors (Lipinski definition) is 3. The van der Waals surface area contributed by atoms with Crippen molar-refractivity contribution in [3.8, 4) is 11.5 Å². The maximum Gasteiger partial charge on any atom is 0.348 e. The molecule has 0 aliphatic carbocycles. The Labute approximate surface area is 86.9 Å². The second-order valence-electron chi connectivity index (χ2n) is 2.70. The SMILES string of the molecule is Cl.O=C(O)[C@H]1COc2ccccc2O1. The largest absolute Gasteiger partial charge is 0.485 e. The molecule has 2 rings (SSSR count). The molecule has 0 bridgehead atoms. The highest BCUT2D eigenvalue weighted by Gasteiger charge is 2.26. The van der Waals surface area contributed by atoms with Gasteiger partial charge in [-0.15, -0.1) is 12.4 Å². The van der Waals surface area contributed by atoms with Gasteiger partial charge in [0.25, 0.3) is 0 Å². The van der Waals surface area contributed by atoms with E-state index >= 15 is 0 Å². The fourth-order valence-electron chi connectivity index (χ4n) is 1.14. The number of halogens is 1. The lowest BCUT2D eigenvalue weighted by Gasteiger charge is -2.23. The van der Waals surface area contributed by atoms with Crippen LogP contribution in [0.4, 0.5) is 0 Å². The van der Waals surface area contributed by atoms with E-state index in [1.54, 1.807) is 18.2 Å². The Morgan fingerprint density at radius 1 is 1.36 bits per heavy atom. The van der Waals surface area contributed by atoms with E-state index in [2.05, 4.69) is 0 Å². The topological polar surface area (TPSA) is 55.8 Å². The van der Waals surface area contributed by atoms with Crippen LogP contribution in [0.15, 0.2) is 24.3 Å². The number of carbonyl (C=O) groups is 1. The molecule has 1 N–H and O–H groups in total. The first kappa shape index (κ1) is 10.7. The van der Waals surface area contributed by atoms with E-state index in [4.69, 9.17) is 14.6 Å². The second-order valence-corrected chi connectivity index (χ2v) is 2.70. The molecular formula is C9H9ClO4. The lowest BCUT2D eigenvalue weighted by Crippen LogP contribution is -2.36. The smallest absolute Gasteiger partial charge is 0.348 e. The van der Waals surface area contributed by atoms with E-state index in [0.717, 1.165) is 0 Å². The van der Waals surface area contributed by atoms with Crippen molar-refractivity contribution in [3.05, 3.63) is 24.3 Å². The molecule has 1 atom stereocenters. The van der Waals surface area contributed by atoms with Gasteiger partial charge in [0.05, 0.1) is 0 Å². The minimum absolute atomic E-state index is 0. The molecule has 76 valence electrons. The van der Waals surface area contributed by atoms with Crippen LogP contribution in [-0.4, -0.2) is 23.8 Å². The molecule has 0 saturated heterocycles. The summed E-state index contributed by atoms with van der Waals surface area (Å²) in [6.07, 6.45) is -0.894.